The third-order valence-electron chi connectivity index (χ3n) is 5.15. The maximum atomic E-state index is 13.6. The maximum Gasteiger partial charge on any atom is 0.419 e. The predicted molar refractivity (Wildman–Crippen MR) is 115 cm³/mol. The van der Waals surface area contributed by atoms with Gasteiger partial charge in [-0.3, -0.25) is 0 Å². The van der Waals surface area contributed by atoms with Crippen LogP contribution >= 0.6 is 9.47 Å². The number of benzene rings is 2. The van der Waals surface area contributed by atoms with E-state index in [1.165, 1.54) is 12.1 Å². The monoisotopic (exact) mass is 515 g/mol. The molecule has 0 heterocycles. The largest absolute Gasteiger partial charge is 0.493 e. The summed E-state index contributed by atoms with van der Waals surface area (Å²) in [6, 6.07) is 6.08. The number of hydrogen-bond acceptors (Lipinski definition) is 4. The van der Waals surface area contributed by atoms with E-state index in [9.17, 15) is 35.8 Å². The van der Waals surface area contributed by atoms with Crippen LogP contribution in [0.1, 0.15) is 35.1 Å². The van der Waals surface area contributed by atoms with Crippen molar-refractivity contribution in [3.63, 3.8) is 0 Å². The number of rotatable bonds is 11. The first-order valence-corrected chi connectivity index (χ1v) is 10.7. The minimum absolute atomic E-state index is 0.00429. The maximum absolute atomic E-state index is 13.6. The summed E-state index contributed by atoms with van der Waals surface area (Å²) in [7, 11) is 2.00. The van der Waals surface area contributed by atoms with E-state index in [1.807, 2.05) is 9.47 Å². The zero-order valence-corrected chi connectivity index (χ0v) is 19.1. The summed E-state index contributed by atoms with van der Waals surface area (Å²) in [5.41, 5.74) is 3.10. The number of nitrogens with two attached hydrogens (primary N) is 1. The second kappa shape index (κ2) is 11.7. The molecule has 2 aromatic carbocycles. The van der Waals surface area contributed by atoms with Gasteiger partial charge in [0.05, 0.1) is 36.5 Å². The minimum atomic E-state index is -4.81. The molecule has 0 bridgehead atoms. The Morgan fingerprint density at radius 2 is 1.50 bits per heavy atom. The third kappa shape index (κ3) is 8.08. The molecule has 2 aromatic rings. The van der Waals surface area contributed by atoms with Gasteiger partial charge in [0.2, 0.25) is 0 Å². The molecule has 0 aliphatic heterocycles. The Bertz CT molecular complexity index is 953. The van der Waals surface area contributed by atoms with Crippen molar-refractivity contribution in [1.29, 1.82) is 0 Å². The molecule has 4 nitrogen and oxygen atoms in total. The summed E-state index contributed by atoms with van der Waals surface area (Å²) >= 11 is 0. The van der Waals surface area contributed by atoms with E-state index in [0.717, 1.165) is 18.2 Å². The molecule has 34 heavy (non-hydrogen) atoms. The Morgan fingerprint density at radius 1 is 0.882 bits per heavy atom. The molecule has 2 unspecified atom stereocenters. The first kappa shape index (κ1) is 28.3. The zero-order chi connectivity index (χ0) is 25.6. The Balaban J connectivity index is 2.02. The fraction of sp³-hybridized carbons (Fsp3) is 0.455. The lowest BCUT2D eigenvalue weighted by molar-refractivity contribution is -0.140. The van der Waals surface area contributed by atoms with Gasteiger partial charge >= 0.3 is 12.4 Å². The van der Waals surface area contributed by atoms with Gasteiger partial charge in [0.25, 0.3) is 0 Å². The Kier molecular flexibility index (Phi) is 9.71. The summed E-state index contributed by atoms with van der Waals surface area (Å²) in [4.78, 5) is 0. The molecule has 12 heteroatoms. The van der Waals surface area contributed by atoms with Crippen LogP contribution in [0.3, 0.4) is 0 Å². The summed E-state index contributed by atoms with van der Waals surface area (Å²) in [5, 5.41) is 9.40. The second-order valence-electron chi connectivity index (χ2n) is 7.92. The first-order chi connectivity index (χ1) is 15.8. The molecule has 2 rings (SSSR count). The predicted octanol–water partition coefficient (Wildman–Crippen LogP) is 5.30. The fourth-order valence-corrected chi connectivity index (χ4v) is 3.57. The van der Waals surface area contributed by atoms with Crippen molar-refractivity contribution in [2.75, 3.05) is 19.8 Å². The molecule has 0 saturated carbocycles. The zero-order valence-electron chi connectivity index (χ0n) is 18.0. The van der Waals surface area contributed by atoms with Gasteiger partial charge in [-0.2, -0.15) is 26.3 Å². The molecule has 0 aliphatic carbocycles. The molecule has 0 aromatic heterocycles. The number of aliphatic hydroxyl groups excluding tert-OH is 1. The van der Waals surface area contributed by atoms with E-state index in [1.54, 1.807) is 0 Å². The van der Waals surface area contributed by atoms with Crippen molar-refractivity contribution >= 4 is 9.47 Å². The highest BCUT2D eigenvalue weighted by Crippen LogP contribution is 2.37. The lowest BCUT2D eigenvalue weighted by Crippen LogP contribution is -2.47. The molecule has 190 valence electrons. The van der Waals surface area contributed by atoms with Gasteiger partial charge in [0, 0.05) is 9.47 Å². The average molecular weight is 515 g/mol. The second-order valence-corrected chi connectivity index (χ2v) is 8.26. The lowest BCUT2D eigenvalue weighted by atomic mass is 9.93. The highest BCUT2D eigenvalue weighted by molar-refractivity contribution is 7.09. The van der Waals surface area contributed by atoms with Crippen LogP contribution < -0.4 is 10.5 Å². The molecule has 0 spiro atoms. The van der Waals surface area contributed by atoms with E-state index in [-0.39, 0.29) is 44.5 Å². The first-order valence-electron chi connectivity index (χ1n) is 10.2. The van der Waals surface area contributed by atoms with Crippen molar-refractivity contribution in [3.8, 4) is 5.75 Å². The molecule has 0 amide bonds. The van der Waals surface area contributed by atoms with E-state index in [4.69, 9.17) is 15.0 Å². The van der Waals surface area contributed by atoms with Crippen LogP contribution in [-0.2, 0) is 29.7 Å². The Labute approximate surface area is 194 Å². The van der Waals surface area contributed by atoms with Gasteiger partial charge in [0.1, 0.15) is 11.6 Å². The number of aryl methyl sites for hydroxylation is 2. The number of halogens is 7. The SMILES string of the molecule is NC(CO)(CCc1ccc(OCCCc2ccc(C(F)(F)F)c(F)c2)c(C(F)(F)F)c1)COP. The van der Waals surface area contributed by atoms with Crippen LogP contribution in [0.2, 0.25) is 0 Å². The van der Waals surface area contributed by atoms with Crippen molar-refractivity contribution in [3.05, 3.63) is 64.5 Å². The number of alkyl halides is 6. The van der Waals surface area contributed by atoms with Crippen molar-refractivity contribution in [2.45, 2.75) is 43.6 Å². The topological polar surface area (TPSA) is 64.7 Å². The standard InChI is InChI=1S/C22H25F7NO3P/c23-18-11-14(3-5-16(18)21(24,25)26)2-1-9-32-19-6-4-15(10-17(19)22(27,28)29)7-8-20(30,12-31)13-33-34/h3-6,10-11,31H,1-2,7-9,12-13,30,34H2. The van der Waals surface area contributed by atoms with Crippen molar-refractivity contribution in [2.24, 2.45) is 5.73 Å². The van der Waals surface area contributed by atoms with E-state index in [2.05, 4.69) is 0 Å². The van der Waals surface area contributed by atoms with E-state index < -0.39 is 47.2 Å². The van der Waals surface area contributed by atoms with Crippen LogP contribution in [0.15, 0.2) is 36.4 Å². The molecular weight excluding hydrogens is 490 g/mol. The summed E-state index contributed by atoms with van der Waals surface area (Å²) in [5.74, 6) is -1.81. The third-order valence-corrected chi connectivity index (χ3v) is 5.32. The molecule has 0 aliphatic rings. The van der Waals surface area contributed by atoms with Crippen LogP contribution in [0.25, 0.3) is 0 Å². The van der Waals surface area contributed by atoms with Gasteiger partial charge in [-0.15, -0.1) is 0 Å². The molecule has 2 atom stereocenters. The lowest BCUT2D eigenvalue weighted by Gasteiger charge is -2.26. The summed E-state index contributed by atoms with van der Waals surface area (Å²) in [6.45, 7) is -0.561. The van der Waals surface area contributed by atoms with Crippen LogP contribution in [0, 0.1) is 5.82 Å². The highest BCUT2D eigenvalue weighted by Gasteiger charge is 2.35. The summed E-state index contributed by atoms with van der Waals surface area (Å²) < 4.78 is 102. The van der Waals surface area contributed by atoms with Crippen LogP contribution in [0.5, 0.6) is 5.75 Å². The normalized spacial score (nSPS) is 14.2. The molecule has 0 saturated heterocycles. The molecule has 3 N–H and O–H groups in total. The van der Waals surface area contributed by atoms with Gasteiger partial charge in [-0.1, -0.05) is 12.1 Å². The van der Waals surface area contributed by atoms with E-state index >= 15 is 0 Å². The smallest absolute Gasteiger partial charge is 0.419 e. The fourth-order valence-electron chi connectivity index (χ4n) is 3.24. The van der Waals surface area contributed by atoms with Gasteiger partial charge in [0.15, 0.2) is 0 Å². The van der Waals surface area contributed by atoms with Gasteiger partial charge in [-0.05, 0) is 61.1 Å². The molecule has 0 fully saturated rings. The van der Waals surface area contributed by atoms with Crippen molar-refractivity contribution < 1.29 is 45.1 Å². The van der Waals surface area contributed by atoms with Crippen LogP contribution in [0.4, 0.5) is 30.7 Å². The van der Waals surface area contributed by atoms with Crippen molar-refractivity contribution in [1.82, 2.24) is 0 Å². The quantitative estimate of drug-likeness (QED) is 0.242. The highest BCUT2D eigenvalue weighted by atomic mass is 31.0. The molecular formula is C22H25F7NO3P. The number of hydrogen-bond donors (Lipinski definition) is 2. The average Bonchev–Trinajstić information content (AvgIpc) is 2.74. The van der Waals surface area contributed by atoms with Crippen LogP contribution in [-0.4, -0.2) is 30.5 Å². The van der Waals surface area contributed by atoms with Gasteiger partial charge < -0.3 is 20.1 Å². The Morgan fingerprint density at radius 3 is 2.06 bits per heavy atom. The van der Waals surface area contributed by atoms with Gasteiger partial charge in [-0.25, -0.2) is 4.39 Å². The van der Waals surface area contributed by atoms with E-state index in [0.29, 0.717) is 11.6 Å². The summed E-state index contributed by atoms with van der Waals surface area (Å²) in [6.07, 6.45) is -8.88. The number of aliphatic hydroxyl groups is 1. The Hall–Kier alpha value is -1.94. The molecule has 0 radical (unpaired) electrons. The minimum Gasteiger partial charge on any atom is -0.493 e. The number of ether oxygens (including phenoxy) is 1.